The Morgan fingerprint density at radius 3 is 2.68 bits per heavy atom. The van der Waals surface area contributed by atoms with Crippen LogP contribution in [0.4, 0.5) is 0 Å². The topological polar surface area (TPSA) is 55.3 Å². The Kier molecular flexibility index (Phi) is 4.94. The number of fused-ring (bicyclic) bond motifs is 3. The van der Waals surface area contributed by atoms with Crippen molar-refractivity contribution in [3.05, 3.63) is 76.7 Å². The van der Waals surface area contributed by atoms with Crippen molar-refractivity contribution in [2.45, 2.75) is 25.9 Å². The van der Waals surface area contributed by atoms with Gasteiger partial charge in [0.15, 0.2) is 11.5 Å². The molecule has 0 amide bonds. The van der Waals surface area contributed by atoms with Gasteiger partial charge < -0.3 is 14.5 Å². The highest BCUT2D eigenvalue weighted by Crippen LogP contribution is 2.44. The molecule has 5 rings (SSSR count). The molecule has 0 fully saturated rings. The molecular formula is C25H28N4O2. The van der Waals surface area contributed by atoms with Gasteiger partial charge in [-0.15, -0.1) is 0 Å². The van der Waals surface area contributed by atoms with E-state index >= 15 is 0 Å². The lowest BCUT2D eigenvalue weighted by Crippen LogP contribution is -2.36. The molecule has 2 aromatic heterocycles. The quantitative estimate of drug-likeness (QED) is 0.525. The van der Waals surface area contributed by atoms with E-state index in [1.807, 2.05) is 30.1 Å². The van der Waals surface area contributed by atoms with E-state index in [1.54, 1.807) is 14.2 Å². The molecule has 0 spiro atoms. The van der Waals surface area contributed by atoms with Crippen molar-refractivity contribution in [1.82, 2.24) is 19.7 Å². The third-order valence-corrected chi connectivity index (χ3v) is 6.57. The van der Waals surface area contributed by atoms with Gasteiger partial charge in [0.05, 0.1) is 26.5 Å². The van der Waals surface area contributed by atoms with Crippen LogP contribution in [0, 0.1) is 6.92 Å². The molecule has 1 aliphatic heterocycles. The number of methoxy groups -OCH3 is 2. The van der Waals surface area contributed by atoms with Crippen molar-refractivity contribution in [2.75, 3.05) is 20.8 Å². The molecule has 1 N–H and O–H groups in total. The molecule has 4 aromatic rings. The van der Waals surface area contributed by atoms with Crippen molar-refractivity contribution < 1.29 is 9.47 Å². The number of para-hydroxylation sites is 2. The second kappa shape index (κ2) is 7.78. The molecule has 6 heteroatoms. The molecule has 160 valence electrons. The molecule has 0 saturated carbocycles. The third kappa shape index (κ3) is 3.18. The van der Waals surface area contributed by atoms with Crippen LogP contribution in [0.3, 0.4) is 0 Å². The van der Waals surface area contributed by atoms with Crippen LogP contribution in [0.5, 0.6) is 11.5 Å². The van der Waals surface area contributed by atoms with Gasteiger partial charge in [0, 0.05) is 53.6 Å². The number of H-pyrrole nitrogens is 1. The maximum Gasteiger partial charge on any atom is 0.165 e. The summed E-state index contributed by atoms with van der Waals surface area (Å²) in [6.45, 7) is 3.90. The fourth-order valence-electron chi connectivity index (χ4n) is 4.86. The minimum Gasteiger partial charge on any atom is -0.493 e. The summed E-state index contributed by atoms with van der Waals surface area (Å²) in [5.41, 5.74) is 7.35. The summed E-state index contributed by atoms with van der Waals surface area (Å²) in [4.78, 5) is 6.24. The highest BCUT2D eigenvalue weighted by molar-refractivity contribution is 5.85. The van der Waals surface area contributed by atoms with E-state index in [0.717, 1.165) is 36.6 Å². The van der Waals surface area contributed by atoms with Crippen LogP contribution >= 0.6 is 0 Å². The second-order valence-electron chi connectivity index (χ2n) is 8.15. The Labute approximate surface area is 182 Å². The summed E-state index contributed by atoms with van der Waals surface area (Å²) >= 11 is 0. The van der Waals surface area contributed by atoms with E-state index in [2.05, 4.69) is 52.2 Å². The molecule has 0 saturated heterocycles. The van der Waals surface area contributed by atoms with E-state index in [9.17, 15) is 0 Å². The number of aromatic amines is 1. The summed E-state index contributed by atoms with van der Waals surface area (Å²) in [5, 5.41) is 5.76. The molecule has 0 aliphatic carbocycles. The van der Waals surface area contributed by atoms with Gasteiger partial charge in [-0.25, -0.2) is 0 Å². The molecule has 0 radical (unpaired) electrons. The van der Waals surface area contributed by atoms with Crippen molar-refractivity contribution >= 4 is 10.9 Å². The first-order valence-corrected chi connectivity index (χ1v) is 10.6. The lowest BCUT2D eigenvalue weighted by atomic mass is 9.91. The average Bonchev–Trinajstić information content (AvgIpc) is 3.33. The largest absolute Gasteiger partial charge is 0.493 e. The molecule has 2 aromatic carbocycles. The van der Waals surface area contributed by atoms with Gasteiger partial charge in [0.25, 0.3) is 0 Å². The summed E-state index contributed by atoms with van der Waals surface area (Å²) in [6.07, 6.45) is 2.98. The van der Waals surface area contributed by atoms with Gasteiger partial charge in [0.2, 0.25) is 0 Å². The minimum atomic E-state index is 0.0285. The van der Waals surface area contributed by atoms with Crippen LogP contribution in [-0.4, -0.2) is 40.4 Å². The number of hydrogen-bond donors (Lipinski definition) is 1. The summed E-state index contributed by atoms with van der Waals surface area (Å²) in [5.74, 6) is 1.54. The van der Waals surface area contributed by atoms with Crippen LogP contribution < -0.4 is 9.47 Å². The van der Waals surface area contributed by atoms with Crippen LogP contribution in [0.2, 0.25) is 0 Å². The zero-order valence-corrected chi connectivity index (χ0v) is 18.5. The van der Waals surface area contributed by atoms with Crippen molar-refractivity contribution in [2.24, 2.45) is 7.05 Å². The Morgan fingerprint density at radius 1 is 1.10 bits per heavy atom. The lowest BCUT2D eigenvalue weighted by molar-refractivity contribution is 0.197. The Hall–Kier alpha value is -3.25. The first kappa shape index (κ1) is 19.7. The zero-order chi connectivity index (χ0) is 21.5. The molecule has 1 atom stereocenters. The number of aryl methyl sites for hydroxylation is 1. The molecule has 31 heavy (non-hydrogen) atoms. The standard InChI is InChI=1S/C25H28N4O2/c1-16-17(14-26-28(16)2)15-29-13-12-19-18-8-5-6-10-21(18)27-23(19)24(29)20-9-7-11-22(30-3)25(20)31-4/h5-11,14,24,27H,12-13,15H2,1-4H3. The van der Waals surface area contributed by atoms with Crippen molar-refractivity contribution in [3.63, 3.8) is 0 Å². The fourth-order valence-corrected chi connectivity index (χ4v) is 4.86. The number of nitrogens with zero attached hydrogens (tertiary/aromatic N) is 3. The summed E-state index contributed by atoms with van der Waals surface area (Å²) < 4.78 is 13.4. The second-order valence-corrected chi connectivity index (χ2v) is 8.15. The van der Waals surface area contributed by atoms with Crippen LogP contribution in [0.25, 0.3) is 10.9 Å². The highest BCUT2D eigenvalue weighted by atomic mass is 16.5. The highest BCUT2D eigenvalue weighted by Gasteiger charge is 2.34. The molecule has 3 heterocycles. The molecule has 1 aliphatic rings. The number of rotatable bonds is 5. The smallest absolute Gasteiger partial charge is 0.165 e. The van der Waals surface area contributed by atoms with E-state index in [1.165, 1.54) is 33.4 Å². The molecule has 0 bridgehead atoms. The first-order chi connectivity index (χ1) is 15.1. The molecule has 1 unspecified atom stereocenters. The summed E-state index contributed by atoms with van der Waals surface area (Å²) in [6, 6.07) is 14.7. The van der Waals surface area contributed by atoms with Gasteiger partial charge in [-0.3, -0.25) is 9.58 Å². The number of aromatic nitrogens is 3. The fraction of sp³-hybridized carbons (Fsp3) is 0.320. The van der Waals surface area contributed by atoms with Gasteiger partial charge in [-0.1, -0.05) is 30.3 Å². The van der Waals surface area contributed by atoms with E-state index in [-0.39, 0.29) is 6.04 Å². The van der Waals surface area contributed by atoms with Gasteiger partial charge in [-0.2, -0.15) is 5.10 Å². The van der Waals surface area contributed by atoms with Crippen LogP contribution in [-0.2, 0) is 20.0 Å². The van der Waals surface area contributed by atoms with Crippen LogP contribution in [0.15, 0.2) is 48.7 Å². The predicted molar refractivity (Wildman–Crippen MR) is 122 cm³/mol. The third-order valence-electron chi connectivity index (χ3n) is 6.57. The SMILES string of the molecule is COc1cccc(C2c3[nH]c4ccccc4c3CCN2Cc2cnn(C)c2C)c1OC. The maximum absolute atomic E-state index is 5.85. The lowest BCUT2D eigenvalue weighted by Gasteiger charge is -2.37. The van der Waals surface area contributed by atoms with E-state index in [4.69, 9.17) is 9.47 Å². The predicted octanol–water partition coefficient (Wildman–Crippen LogP) is 4.37. The summed E-state index contributed by atoms with van der Waals surface area (Å²) in [7, 11) is 5.40. The monoisotopic (exact) mass is 416 g/mol. The first-order valence-electron chi connectivity index (χ1n) is 10.6. The number of nitrogens with one attached hydrogen (secondary N) is 1. The van der Waals surface area contributed by atoms with Gasteiger partial charge >= 0.3 is 0 Å². The normalized spacial score (nSPS) is 16.5. The van der Waals surface area contributed by atoms with E-state index < -0.39 is 0 Å². The zero-order valence-electron chi connectivity index (χ0n) is 18.5. The molecule has 6 nitrogen and oxygen atoms in total. The maximum atomic E-state index is 5.85. The van der Waals surface area contributed by atoms with Gasteiger partial charge in [-0.05, 0) is 31.0 Å². The Balaban J connectivity index is 1.68. The minimum absolute atomic E-state index is 0.0285. The Morgan fingerprint density at radius 2 is 1.94 bits per heavy atom. The van der Waals surface area contributed by atoms with Crippen molar-refractivity contribution in [3.8, 4) is 11.5 Å². The number of benzene rings is 2. The van der Waals surface area contributed by atoms with Crippen molar-refractivity contribution in [1.29, 1.82) is 0 Å². The number of ether oxygens (including phenoxy) is 2. The van der Waals surface area contributed by atoms with Crippen LogP contribution in [0.1, 0.15) is 34.1 Å². The molecular weight excluding hydrogens is 388 g/mol. The Bertz CT molecular complexity index is 1240. The number of hydrogen-bond acceptors (Lipinski definition) is 4. The average molecular weight is 417 g/mol. The van der Waals surface area contributed by atoms with Gasteiger partial charge in [0.1, 0.15) is 0 Å². The van der Waals surface area contributed by atoms with E-state index in [0.29, 0.717) is 0 Å².